The van der Waals surface area contributed by atoms with Gasteiger partial charge in [0.05, 0.1) is 19.2 Å². The zero-order chi connectivity index (χ0) is 16.2. The minimum atomic E-state index is 0.158. The topological polar surface area (TPSA) is 80.3 Å². The molecule has 8 heteroatoms. The molecule has 0 radical (unpaired) electrons. The highest BCUT2D eigenvalue weighted by Gasteiger charge is 2.22. The maximum Gasteiger partial charge on any atom is 0.227 e. The van der Waals surface area contributed by atoms with Crippen LogP contribution in [0.5, 0.6) is 0 Å². The molecular formula is C15H22N6O2. The molecule has 1 saturated heterocycles. The molecule has 2 aromatic rings. The van der Waals surface area contributed by atoms with Gasteiger partial charge in [0.15, 0.2) is 5.82 Å². The number of hydrogen-bond acceptors (Lipinski definition) is 6. The fourth-order valence-electron chi connectivity index (χ4n) is 2.70. The quantitative estimate of drug-likeness (QED) is 0.786. The lowest BCUT2D eigenvalue weighted by Crippen LogP contribution is -2.48. The predicted molar refractivity (Wildman–Crippen MR) is 82.4 cm³/mol. The molecule has 1 aliphatic rings. The predicted octanol–water partition coefficient (Wildman–Crippen LogP) is 0.252. The first-order valence-corrected chi connectivity index (χ1v) is 7.93. The molecule has 1 aliphatic heterocycles. The maximum absolute atomic E-state index is 12.3. The summed E-state index contributed by atoms with van der Waals surface area (Å²) >= 11 is 0. The van der Waals surface area contributed by atoms with E-state index >= 15 is 0 Å². The first kappa shape index (κ1) is 15.7. The van der Waals surface area contributed by atoms with Crippen molar-refractivity contribution in [3.05, 3.63) is 29.7 Å². The van der Waals surface area contributed by atoms with Gasteiger partial charge in [-0.1, -0.05) is 12.1 Å². The van der Waals surface area contributed by atoms with Gasteiger partial charge in [-0.3, -0.25) is 14.4 Å². The Hall–Kier alpha value is -2.22. The van der Waals surface area contributed by atoms with E-state index < -0.39 is 0 Å². The number of aromatic nitrogens is 4. The van der Waals surface area contributed by atoms with E-state index in [1.54, 1.807) is 10.9 Å². The Morgan fingerprint density at radius 2 is 2.09 bits per heavy atom. The van der Waals surface area contributed by atoms with Gasteiger partial charge in [-0.2, -0.15) is 10.1 Å². The van der Waals surface area contributed by atoms with E-state index in [0.29, 0.717) is 18.9 Å². The van der Waals surface area contributed by atoms with Crippen molar-refractivity contribution in [1.82, 2.24) is 29.7 Å². The summed E-state index contributed by atoms with van der Waals surface area (Å²) in [7, 11) is 1.86. The summed E-state index contributed by atoms with van der Waals surface area (Å²) in [4.78, 5) is 20.8. The van der Waals surface area contributed by atoms with Crippen molar-refractivity contribution in [3.8, 4) is 0 Å². The molecule has 0 bridgehead atoms. The van der Waals surface area contributed by atoms with Gasteiger partial charge >= 0.3 is 0 Å². The van der Waals surface area contributed by atoms with Gasteiger partial charge in [0.1, 0.15) is 0 Å². The van der Waals surface area contributed by atoms with Crippen LogP contribution in [0.3, 0.4) is 0 Å². The van der Waals surface area contributed by atoms with Crippen LogP contribution >= 0.6 is 0 Å². The Morgan fingerprint density at radius 1 is 1.30 bits per heavy atom. The minimum Gasteiger partial charge on any atom is -0.340 e. The minimum absolute atomic E-state index is 0.158. The molecule has 0 aliphatic carbocycles. The van der Waals surface area contributed by atoms with Crippen LogP contribution < -0.4 is 0 Å². The number of piperazine rings is 1. The Morgan fingerprint density at radius 3 is 2.70 bits per heavy atom. The van der Waals surface area contributed by atoms with Crippen molar-refractivity contribution in [2.24, 2.45) is 7.05 Å². The number of carbonyl (C=O) groups is 1. The summed E-state index contributed by atoms with van der Waals surface area (Å²) in [6.45, 7) is 5.79. The molecule has 0 unspecified atom stereocenters. The van der Waals surface area contributed by atoms with Crippen LogP contribution in [0.4, 0.5) is 0 Å². The highest BCUT2D eigenvalue weighted by molar-refractivity contribution is 5.78. The van der Waals surface area contributed by atoms with E-state index in [9.17, 15) is 4.79 Å². The van der Waals surface area contributed by atoms with E-state index in [1.807, 2.05) is 25.1 Å². The standard InChI is InChI=1S/C15H22N6O2/c1-3-14-17-13(18-23-14)11-20-4-6-21(7-5-20)15(22)8-12-9-16-19(2)10-12/h9-10H,3-8,11H2,1-2H3. The van der Waals surface area contributed by atoms with Crippen LogP contribution in [0.15, 0.2) is 16.9 Å². The van der Waals surface area contributed by atoms with Crippen LogP contribution in [0.1, 0.15) is 24.2 Å². The van der Waals surface area contributed by atoms with E-state index in [2.05, 4.69) is 20.1 Å². The summed E-state index contributed by atoms with van der Waals surface area (Å²) in [6.07, 6.45) is 4.80. The van der Waals surface area contributed by atoms with Crippen LogP contribution in [0.2, 0.25) is 0 Å². The largest absolute Gasteiger partial charge is 0.340 e. The Kier molecular flexibility index (Phi) is 4.71. The van der Waals surface area contributed by atoms with Crippen molar-refractivity contribution in [2.45, 2.75) is 26.3 Å². The Labute approximate surface area is 135 Å². The van der Waals surface area contributed by atoms with Crippen molar-refractivity contribution in [3.63, 3.8) is 0 Å². The second kappa shape index (κ2) is 6.91. The summed E-state index contributed by atoms with van der Waals surface area (Å²) in [5.74, 6) is 1.55. The lowest BCUT2D eigenvalue weighted by Gasteiger charge is -2.34. The van der Waals surface area contributed by atoms with Crippen molar-refractivity contribution < 1.29 is 9.32 Å². The van der Waals surface area contributed by atoms with Crippen LogP contribution in [-0.4, -0.2) is 61.8 Å². The van der Waals surface area contributed by atoms with Gasteiger partial charge < -0.3 is 9.42 Å². The lowest BCUT2D eigenvalue weighted by atomic mass is 10.2. The van der Waals surface area contributed by atoms with E-state index in [4.69, 9.17) is 4.52 Å². The first-order valence-electron chi connectivity index (χ1n) is 7.93. The molecular weight excluding hydrogens is 296 g/mol. The zero-order valence-corrected chi connectivity index (χ0v) is 13.6. The van der Waals surface area contributed by atoms with Gasteiger partial charge in [0.25, 0.3) is 0 Å². The van der Waals surface area contributed by atoms with Gasteiger partial charge in [-0.05, 0) is 5.56 Å². The molecule has 0 atom stereocenters. The van der Waals surface area contributed by atoms with Crippen LogP contribution in [0, 0.1) is 0 Å². The smallest absolute Gasteiger partial charge is 0.227 e. The zero-order valence-electron chi connectivity index (χ0n) is 13.6. The summed E-state index contributed by atoms with van der Waals surface area (Å²) in [5, 5.41) is 8.07. The fraction of sp³-hybridized carbons (Fsp3) is 0.600. The summed E-state index contributed by atoms with van der Waals surface area (Å²) in [6, 6.07) is 0. The Bertz CT molecular complexity index is 656. The number of carbonyl (C=O) groups excluding carboxylic acids is 1. The second-order valence-electron chi connectivity index (χ2n) is 5.81. The fourth-order valence-corrected chi connectivity index (χ4v) is 2.70. The number of rotatable bonds is 5. The third kappa shape index (κ3) is 3.95. The van der Waals surface area contributed by atoms with Crippen LogP contribution in [0.25, 0.3) is 0 Å². The second-order valence-corrected chi connectivity index (χ2v) is 5.81. The molecule has 2 aromatic heterocycles. The third-order valence-corrected chi connectivity index (χ3v) is 4.02. The number of hydrogen-bond donors (Lipinski definition) is 0. The van der Waals surface area contributed by atoms with E-state index in [0.717, 1.165) is 44.0 Å². The monoisotopic (exact) mass is 318 g/mol. The molecule has 0 spiro atoms. The van der Waals surface area contributed by atoms with Gasteiger partial charge in [-0.25, -0.2) is 0 Å². The molecule has 3 rings (SSSR count). The molecule has 0 saturated carbocycles. The highest BCUT2D eigenvalue weighted by Crippen LogP contribution is 2.09. The van der Waals surface area contributed by atoms with Gasteiger partial charge in [0, 0.05) is 45.8 Å². The average Bonchev–Trinajstić information content (AvgIpc) is 3.17. The first-order chi connectivity index (χ1) is 11.1. The molecule has 0 N–H and O–H groups in total. The average molecular weight is 318 g/mol. The maximum atomic E-state index is 12.3. The molecule has 8 nitrogen and oxygen atoms in total. The van der Waals surface area contributed by atoms with Crippen molar-refractivity contribution in [1.29, 1.82) is 0 Å². The Balaban J connectivity index is 1.47. The SMILES string of the molecule is CCc1nc(CN2CCN(C(=O)Cc3cnn(C)c3)CC2)no1. The van der Waals surface area contributed by atoms with E-state index in [-0.39, 0.29) is 5.91 Å². The summed E-state index contributed by atoms with van der Waals surface area (Å²) < 4.78 is 6.84. The molecule has 0 aromatic carbocycles. The summed E-state index contributed by atoms with van der Waals surface area (Å²) in [5.41, 5.74) is 0.957. The van der Waals surface area contributed by atoms with Crippen LogP contribution in [-0.2, 0) is 31.2 Å². The van der Waals surface area contributed by atoms with Gasteiger partial charge in [-0.15, -0.1) is 0 Å². The molecule has 3 heterocycles. The lowest BCUT2D eigenvalue weighted by molar-refractivity contribution is -0.132. The molecule has 1 fully saturated rings. The molecule has 124 valence electrons. The molecule has 1 amide bonds. The highest BCUT2D eigenvalue weighted by atomic mass is 16.5. The number of aryl methyl sites for hydroxylation is 2. The third-order valence-electron chi connectivity index (χ3n) is 4.02. The normalized spacial score (nSPS) is 16.0. The van der Waals surface area contributed by atoms with Gasteiger partial charge in [0.2, 0.25) is 11.8 Å². The van der Waals surface area contributed by atoms with E-state index in [1.165, 1.54) is 0 Å². The van der Waals surface area contributed by atoms with Crippen molar-refractivity contribution in [2.75, 3.05) is 26.2 Å². The van der Waals surface area contributed by atoms with Crippen molar-refractivity contribution >= 4 is 5.91 Å². The number of amides is 1. The molecule has 23 heavy (non-hydrogen) atoms. The number of nitrogens with zero attached hydrogens (tertiary/aromatic N) is 6.